The summed E-state index contributed by atoms with van der Waals surface area (Å²) < 4.78 is 6.94. The summed E-state index contributed by atoms with van der Waals surface area (Å²) in [5, 5.41) is 7.33. The maximum absolute atomic E-state index is 11.8. The highest BCUT2D eigenvalue weighted by atomic mass is 16.5. The molecule has 1 atom stereocenters. The Balaban J connectivity index is 1.92. The van der Waals surface area contributed by atoms with Crippen LogP contribution in [0.25, 0.3) is 0 Å². The smallest absolute Gasteiger partial charge is 0.242 e. The normalized spacial score (nSPS) is 19.4. The molecule has 0 radical (unpaired) electrons. The summed E-state index contributed by atoms with van der Waals surface area (Å²) in [6, 6.07) is 0.165. The molecule has 0 aliphatic carbocycles. The molecule has 1 fully saturated rings. The van der Waals surface area contributed by atoms with Crippen molar-refractivity contribution in [1.82, 2.24) is 15.1 Å². The maximum Gasteiger partial charge on any atom is 0.242 e. The predicted molar refractivity (Wildman–Crippen MR) is 68.4 cm³/mol. The molecule has 5 heteroatoms. The van der Waals surface area contributed by atoms with Crippen molar-refractivity contribution in [2.45, 2.75) is 45.7 Å². The van der Waals surface area contributed by atoms with E-state index in [1.165, 1.54) is 5.56 Å². The average Bonchev–Trinajstić information content (AvgIpc) is 2.88. The van der Waals surface area contributed by atoms with Crippen molar-refractivity contribution in [3.05, 3.63) is 17.5 Å². The second-order valence-electron chi connectivity index (χ2n) is 5.15. The molecule has 0 spiro atoms. The molecule has 1 amide bonds. The molecule has 1 aromatic rings. The Morgan fingerprint density at radius 3 is 3.00 bits per heavy atom. The molecule has 18 heavy (non-hydrogen) atoms. The fraction of sp³-hybridized carbons (Fsp3) is 0.692. The van der Waals surface area contributed by atoms with E-state index in [-0.39, 0.29) is 18.5 Å². The van der Waals surface area contributed by atoms with Crippen LogP contribution in [0.2, 0.25) is 0 Å². The molecule has 1 N–H and O–H groups in total. The highest BCUT2D eigenvalue weighted by Crippen LogP contribution is 2.17. The lowest BCUT2D eigenvalue weighted by Gasteiger charge is -2.10. The minimum atomic E-state index is 0.00306. The zero-order chi connectivity index (χ0) is 13.1. The van der Waals surface area contributed by atoms with Gasteiger partial charge in [0.1, 0.15) is 6.54 Å². The number of aryl methyl sites for hydroxylation is 1. The molecule has 0 bridgehead atoms. The topological polar surface area (TPSA) is 56.2 Å². The van der Waals surface area contributed by atoms with Gasteiger partial charge in [-0.15, -0.1) is 0 Å². The van der Waals surface area contributed by atoms with Crippen molar-refractivity contribution in [1.29, 1.82) is 0 Å². The number of nitrogens with one attached hydrogen (secondary N) is 1. The van der Waals surface area contributed by atoms with Crippen molar-refractivity contribution in [3.63, 3.8) is 0 Å². The van der Waals surface area contributed by atoms with E-state index >= 15 is 0 Å². The third-order valence-corrected chi connectivity index (χ3v) is 3.21. The van der Waals surface area contributed by atoms with E-state index in [9.17, 15) is 4.79 Å². The SMILES string of the molecule is Cc1nn(CC(=O)NC2CCOC2)cc1C(C)C. The Morgan fingerprint density at radius 1 is 1.67 bits per heavy atom. The molecule has 100 valence electrons. The lowest BCUT2D eigenvalue weighted by molar-refractivity contribution is -0.122. The van der Waals surface area contributed by atoms with E-state index in [4.69, 9.17) is 4.74 Å². The van der Waals surface area contributed by atoms with Gasteiger partial charge in [0.25, 0.3) is 0 Å². The van der Waals surface area contributed by atoms with Crippen molar-refractivity contribution < 1.29 is 9.53 Å². The number of hydrogen-bond donors (Lipinski definition) is 1. The van der Waals surface area contributed by atoms with Crippen molar-refractivity contribution in [3.8, 4) is 0 Å². The van der Waals surface area contributed by atoms with Crippen molar-refractivity contribution >= 4 is 5.91 Å². The standard InChI is InChI=1S/C13H21N3O2/c1-9(2)12-6-16(15-10(12)3)7-13(17)14-11-4-5-18-8-11/h6,9,11H,4-5,7-8H2,1-3H3,(H,14,17). The molecular weight excluding hydrogens is 230 g/mol. The van der Waals surface area contributed by atoms with E-state index in [0.29, 0.717) is 12.5 Å². The molecule has 1 unspecified atom stereocenters. The maximum atomic E-state index is 11.8. The molecule has 0 aromatic carbocycles. The molecule has 5 nitrogen and oxygen atoms in total. The Morgan fingerprint density at radius 2 is 2.44 bits per heavy atom. The number of aromatic nitrogens is 2. The quantitative estimate of drug-likeness (QED) is 0.875. The zero-order valence-corrected chi connectivity index (χ0v) is 11.3. The van der Waals surface area contributed by atoms with Gasteiger partial charge >= 0.3 is 0 Å². The third-order valence-electron chi connectivity index (χ3n) is 3.21. The highest BCUT2D eigenvalue weighted by Gasteiger charge is 2.18. The molecule has 0 saturated carbocycles. The van der Waals surface area contributed by atoms with Crippen molar-refractivity contribution in [2.24, 2.45) is 0 Å². The molecule has 2 rings (SSSR count). The number of ether oxygens (including phenoxy) is 1. The minimum absolute atomic E-state index is 0.00306. The van der Waals surface area contributed by atoms with Crippen LogP contribution in [-0.2, 0) is 16.1 Å². The minimum Gasteiger partial charge on any atom is -0.379 e. The van der Waals surface area contributed by atoms with E-state index < -0.39 is 0 Å². The van der Waals surface area contributed by atoms with Gasteiger partial charge in [-0.2, -0.15) is 5.10 Å². The van der Waals surface area contributed by atoms with Crippen LogP contribution in [-0.4, -0.2) is 34.9 Å². The lowest BCUT2D eigenvalue weighted by Crippen LogP contribution is -2.37. The van der Waals surface area contributed by atoms with Crippen LogP contribution >= 0.6 is 0 Å². The predicted octanol–water partition coefficient (Wildman–Crippen LogP) is 1.22. The Kier molecular flexibility index (Phi) is 4.01. The number of carbonyl (C=O) groups excluding carboxylic acids is 1. The van der Waals surface area contributed by atoms with Crippen LogP contribution < -0.4 is 5.32 Å². The summed E-state index contributed by atoms with van der Waals surface area (Å²) in [6.07, 6.45) is 2.87. The van der Waals surface area contributed by atoms with Crippen LogP contribution in [0.3, 0.4) is 0 Å². The second kappa shape index (κ2) is 5.52. The molecule has 1 saturated heterocycles. The van der Waals surface area contributed by atoms with Gasteiger partial charge in [0.2, 0.25) is 5.91 Å². The molecule has 2 heterocycles. The van der Waals surface area contributed by atoms with E-state index in [1.807, 2.05) is 13.1 Å². The third kappa shape index (κ3) is 3.10. The van der Waals surface area contributed by atoms with Crippen LogP contribution in [0, 0.1) is 6.92 Å². The Labute approximate surface area is 108 Å². The molecule has 1 aliphatic heterocycles. The number of amides is 1. The zero-order valence-electron chi connectivity index (χ0n) is 11.3. The highest BCUT2D eigenvalue weighted by molar-refractivity contribution is 5.76. The number of carbonyl (C=O) groups is 1. The monoisotopic (exact) mass is 251 g/mol. The van der Waals surface area contributed by atoms with E-state index in [0.717, 1.165) is 18.7 Å². The van der Waals surface area contributed by atoms with Crippen LogP contribution in [0.5, 0.6) is 0 Å². The van der Waals surface area contributed by atoms with Gasteiger partial charge in [-0.05, 0) is 24.8 Å². The van der Waals surface area contributed by atoms with Gasteiger partial charge in [0, 0.05) is 12.8 Å². The van der Waals surface area contributed by atoms with Gasteiger partial charge < -0.3 is 10.1 Å². The average molecular weight is 251 g/mol. The van der Waals surface area contributed by atoms with Crippen LogP contribution in [0.4, 0.5) is 0 Å². The molecular formula is C13H21N3O2. The lowest BCUT2D eigenvalue weighted by atomic mass is 10.1. The first-order valence-corrected chi connectivity index (χ1v) is 6.47. The summed E-state index contributed by atoms with van der Waals surface area (Å²) in [7, 11) is 0. The Hall–Kier alpha value is -1.36. The van der Waals surface area contributed by atoms with E-state index in [2.05, 4.69) is 24.3 Å². The number of nitrogens with zero attached hydrogens (tertiary/aromatic N) is 2. The van der Waals surface area contributed by atoms with Crippen molar-refractivity contribution in [2.75, 3.05) is 13.2 Å². The summed E-state index contributed by atoms with van der Waals surface area (Å²) in [4.78, 5) is 11.8. The summed E-state index contributed by atoms with van der Waals surface area (Å²) in [5.41, 5.74) is 2.20. The van der Waals surface area contributed by atoms with Gasteiger partial charge in [-0.3, -0.25) is 9.48 Å². The second-order valence-corrected chi connectivity index (χ2v) is 5.15. The van der Waals surface area contributed by atoms with Gasteiger partial charge in [0.05, 0.1) is 18.3 Å². The first kappa shape index (κ1) is 13.1. The van der Waals surface area contributed by atoms with Gasteiger partial charge in [-0.1, -0.05) is 13.8 Å². The fourth-order valence-corrected chi connectivity index (χ4v) is 2.25. The molecule has 1 aromatic heterocycles. The first-order valence-electron chi connectivity index (χ1n) is 6.47. The largest absolute Gasteiger partial charge is 0.379 e. The number of hydrogen-bond acceptors (Lipinski definition) is 3. The van der Waals surface area contributed by atoms with Gasteiger partial charge in [0.15, 0.2) is 0 Å². The van der Waals surface area contributed by atoms with E-state index in [1.54, 1.807) is 4.68 Å². The summed E-state index contributed by atoms with van der Waals surface area (Å²) >= 11 is 0. The first-order chi connectivity index (χ1) is 8.56. The summed E-state index contributed by atoms with van der Waals surface area (Å²) in [6.45, 7) is 7.89. The summed E-state index contributed by atoms with van der Waals surface area (Å²) in [5.74, 6) is 0.438. The fourth-order valence-electron chi connectivity index (χ4n) is 2.25. The van der Waals surface area contributed by atoms with Crippen LogP contribution in [0.1, 0.15) is 37.4 Å². The molecule has 1 aliphatic rings. The van der Waals surface area contributed by atoms with Crippen LogP contribution in [0.15, 0.2) is 6.20 Å². The van der Waals surface area contributed by atoms with Gasteiger partial charge in [-0.25, -0.2) is 0 Å². The number of rotatable bonds is 4. The Bertz CT molecular complexity index is 420.